The summed E-state index contributed by atoms with van der Waals surface area (Å²) < 4.78 is 0. The first kappa shape index (κ1) is 10.6. The number of rotatable bonds is 3. The first-order chi connectivity index (χ1) is 6.90. The van der Waals surface area contributed by atoms with Crippen LogP contribution in [0.1, 0.15) is 41.8 Å². The minimum absolute atomic E-state index is 0.108. The fraction of sp³-hybridized carbons (Fsp3) is 0.636. The summed E-state index contributed by atoms with van der Waals surface area (Å²) in [5, 5.41) is 9.86. The molecule has 1 fully saturated rings. The van der Waals surface area contributed by atoms with Gasteiger partial charge < -0.3 is 5.11 Å². The maximum Gasteiger partial charge on any atom is 0.308 e. The molecule has 1 aliphatic carbocycles. The molecule has 1 unspecified atom stereocenters. The molecule has 4 heteroatoms. The molecule has 0 spiro atoms. The van der Waals surface area contributed by atoms with Gasteiger partial charge in [0.05, 0.1) is 17.1 Å². The molecule has 1 N–H and O–H groups in total. The number of aryl methyl sites for hydroxylation is 1. The highest BCUT2D eigenvalue weighted by Gasteiger charge is 2.48. The Morgan fingerprint density at radius 1 is 1.67 bits per heavy atom. The Balaban J connectivity index is 2.19. The van der Waals surface area contributed by atoms with Crippen molar-refractivity contribution in [2.45, 2.75) is 39.5 Å². The van der Waals surface area contributed by atoms with Crippen molar-refractivity contribution in [1.29, 1.82) is 0 Å². The second-order valence-electron chi connectivity index (χ2n) is 4.88. The SMILES string of the molecule is Cc1nc(C2CC2(C)C)sc1CC(=O)O. The van der Waals surface area contributed by atoms with Crippen molar-refractivity contribution < 1.29 is 9.90 Å². The zero-order chi connectivity index (χ0) is 11.2. The number of thiazole rings is 1. The van der Waals surface area contributed by atoms with E-state index in [1.165, 1.54) is 6.42 Å². The molecule has 2 rings (SSSR count). The minimum atomic E-state index is -0.775. The summed E-state index contributed by atoms with van der Waals surface area (Å²) in [6.45, 7) is 6.35. The third-order valence-electron chi connectivity index (χ3n) is 3.03. The van der Waals surface area contributed by atoms with E-state index in [0.717, 1.165) is 15.6 Å². The Morgan fingerprint density at radius 2 is 2.27 bits per heavy atom. The van der Waals surface area contributed by atoms with Gasteiger partial charge in [0.2, 0.25) is 0 Å². The molecule has 1 aromatic heterocycles. The minimum Gasteiger partial charge on any atom is -0.481 e. The van der Waals surface area contributed by atoms with Gasteiger partial charge in [-0.05, 0) is 18.8 Å². The van der Waals surface area contributed by atoms with E-state index in [9.17, 15) is 4.79 Å². The lowest BCUT2D eigenvalue weighted by Crippen LogP contribution is -1.99. The third-order valence-corrected chi connectivity index (χ3v) is 4.30. The van der Waals surface area contributed by atoms with Crippen LogP contribution >= 0.6 is 11.3 Å². The van der Waals surface area contributed by atoms with Crippen LogP contribution in [-0.2, 0) is 11.2 Å². The Labute approximate surface area is 93.2 Å². The molecular weight excluding hydrogens is 210 g/mol. The smallest absolute Gasteiger partial charge is 0.308 e. The van der Waals surface area contributed by atoms with Crippen molar-refractivity contribution in [3.05, 3.63) is 15.6 Å². The lowest BCUT2D eigenvalue weighted by atomic mass is 10.1. The van der Waals surface area contributed by atoms with Gasteiger partial charge in [0.15, 0.2) is 0 Å². The van der Waals surface area contributed by atoms with Crippen LogP contribution in [0.15, 0.2) is 0 Å². The first-order valence-corrected chi connectivity index (χ1v) is 5.90. The Morgan fingerprint density at radius 3 is 2.73 bits per heavy atom. The van der Waals surface area contributed by atoms with Crippen LogP contribution in [0.5, 0.6) is 0 Å². The van der Waals surface area contributed by atoms with Gasteiger partial charge in [0.25, 0.3) is 0 Å². The van der Waals surface area contributed by atoms with Crippen molar-refractivity contribution in [2.75, 3.05) is 0 Å². The van der Waals surface area contributed by atoms with Crippen molar-refractivity contribution in [3.63, 3.8) is 0 Å². The quantitative estimate of drug-likeness (QED) is 0.860. The summed E-state index contributed by atoms with van der Waals surface area (Å²) >= 11 is 1.57. The Kier molecular flexibility index (Phi) is 2.34. The van der Waals surface area contributed by atoms with Gasteiger partial charge in [-0.2, -0.15) is 0 Å². The summed E-state index contributed by atoms with van der Waals surface area (Å²) in [4.78, 5) is 16.0. The average Bonchev–Trinajstić information content (AvgIpc) is 2.56. The van der Waals surface area contributed by atoms with Crippen LogP contribution in [0.2, 0.25) is 0 Å². The van der Waals surface area contributed by atoms with Gasteiger partial charge >= 0.3 is 5.97 Å². The molecule has 0 aromatic carbocycles. The zero-order valence-corrected chi connectivity index (χ0v) is 10.0. The molecule has 3 nitrogen and oxygen atoms in total. The predicted molar refractivity (Wildman–Crippen MR) is 59.3 cm³/mol. The molecule has 1 heterocycles. The molecule has 0 aliphatic heterocycles. The Hall–Kier alpha value is -0.900. The number of aromatic nitrogens is 1. The number of carboxylic acids is 1. The van der Waals surface area contributed by atoms with Crippen LogP contribution < -0.4 is 0 Å². The topological polar surface area (TPSA) is 50.2 Å². The van der Waals surface area contributed by atoms with Crippen molar-refractivity contribution in [3.8, 4) is 0 Å². The number of aliphatic carboxylic acids is 1. The molecule has 15 heavy (non-hydrogen) atoms. The molecule has 0 saturated heterocycles. The molecule has 1 saturated carbocycles. The largest absolute Gasteiger partial charge is 0.481 e. The van der Waals surface area contributed by atoms with Crippen LogP contribution in [-0.4, -0.2) is 16.1 Å². The summed E-state index contributed by atoms with van der Waals surface area (Å²) in [7, 11) is 0. The van der Waals surface area contributed by atoms with Crippen molar-refractivity contribution in [1.82, 2.24) is 4.98 Å². The highest BCUT2D eigenvalue weighted by molar-refractivity contribution is 7.12. The van der Waals surface area contributed by atoms with Crippen LogP contribution in [0.3, 0.4) is 0 Å². The Bertz CT molecular complexity index is 409. The van der Waals surface area contributed by atoms with Crippen molar-refractivity contribution >= 4 is 17.3 Å². The molecular formula is C11H15NO2S. The standard InChI is InChI=1S/C11H15NO2S/c1-6-8(4-9(13)14)15-10(12-6)7-5-11(7,2)3/h7H,4-5H2,1-3H3,(H,13,14). The molecule has 82 valence electrons. The lowest BCUT2D eigenvalue weighted by Gasteiger charge is -1.97. The van der Waals surface area contributed by atoms with E-state index in [-0.39, 0.29) is 6.42 Å². The molecule has 1 aromatic rings. The zero-order valence-electron chi connectivity index (χ0n) is 9.20. The summed E-state index contributed by atoms with van der Waals surface area (Å²) in [5.74, 6) is -0.230. The second kappa shape index (κ2) is 3.30. The molecule has 0 amide bonds. The van der Waals surface area contributed by atoms with Gasteiger partial charge in [-0.3, -0.25) is 4.79 Å². The van der Waals surface area contributed by atoms with Gasteiger partial charge in [-0.15, -0.1) is 11.3 Å². The highest BCUT2D eigenvalue weighted by atomic mass is 32.1. The van der Waals surface area contributed by atoms with Gasteiger partial charge in [0, 0.05) is 10.8 Å². The van der Waals surface area contributed by atoms with Crippen LogP contribution in [0, 0.1) is 12.3 Å². The second-order valence-corrected chi connectivity index (χ2v) is 5.99. The number of carboxylic acid groups (broad SMARTS) is 1. The molecule has 0 bridgehead atoms. The normalized spacial score (nSPS) is 22.7. The van der Waals surface area contributed by atoms with Gasteiger partial charge in [-0.25, -0.2) is 4.98 Å². The van der Waals surface area contributed by atoms with Crippen molar-refractivity contribution in [2.24, 2.45) is 5.41 Å². The number of hydrogen-bond donors (Lipinski definition) is 1. The number of carbonyl (C=O) groups is 1. The van der Waals surface area contributed by atoms with E-state index < -0.39 is 5.97 Å². The maximum atomic E-state index is 10.6. The summed E-state index contributed by atoms with van der Waals surface area (Å²) in [6, 6.07) is 0. The number of nitrogens with zero attached hydrogens (tertiary/aromatic N) is 1. The third kappa shape index (κ3) is 2.04. The summed E-state index contributed by atoms with van der Waals surface area (Å²) in [5.41, 5.74) is 1.25. The van der Waals surface area contributed by atoms with E-state index in [0.29, 0.717) is 11.3 Å². The van der Waals surface area contributed by atoms with E-state index in [2.05, 4.69) is 18.8 Å². The fourth-order valence-corrected chi connectivity index (χ4v) is 3.16. The number of hydrogen-bond acceptors (Lipinski definition) is 3. The maximum absolute atomic E-state index is 10.6. The van der Waals surface area contributed by atoms with Crippen LogP contribution in [0.25, 0.3) is 0 Å². The average molecular weight is 225 g/mol. The van der Waals surface area contributed by atoms with Crippen LogP contribution in [0.4, 0.5) is 0 Å². The van der Waals surface area contributed by atoms with E-state index in [4.69, 9.17) is 5.11 Å². The summed E-state index contributed by atoms with van der Waals surface area (Å²) in [6.07, 6.45) is 1.28. The van der Waals surface area contributed by atoms with E-state index in [1.54, 1.807) is 11.3 Å². The molecule has 1 aliphatic rings. The molecule has 1 atom stereocenters. The predicted octanol–water partition coefficient (Wildman–Crippen LogP) is 2.59. The van der Waals surface area contributed by atoms with E-state index in [1.807, 2.05) is 6.92 Å². The molecule has 0 radical (unpaired) electrons. The highest BCUT2D eigenvalue weighted by Crippen LogP contribution is 2.59. The fourth-order valence-electron chi connectivity index (χ4n) is 1.79. The first-order valence-electron chi connectivity index (χ1n) is 5.08. The van der Waals surface area contributed by atoms with Gasteiger partial charge in [0.1, 0.15) is 0 Å². The monoisotopic (exact) mass is 225 g/mol. The lowest BCUT2D eigenvalue weighted by molar-refractivity contribution is -0.136. The van der Waals surface area contributed by atoms with E-state index >= 15 is 0 Å². The van der Waals surface area contributed by atoms with Gasteiger partial charge in [-0.1, -0.05) is 13.8 Å².